The van der Waals surface area contributed by atoms with Crippen LogP contribution in [0.5, 0.6) is 0 Å². The number of thiophene rings is 1. The molecule has 0 N–H and O–H groups in total. The van der Waals surface area contributed by atoms with Crippen molar-refractivity contribution in [3.05, 3.63) is 86.8 Å². The summed E-state index contributed by atoms with van der Waals surface area (Å²) in [6.07, 6.45) is 2.39. The van der Waals surface area contributed by atoms with Gasteiger partial charge in [0.25, 0.3) is 5.91 Å². The SMILES string of the molecule is Cc1ccc(CN(CCc2ccccc2)C(=O)c2cccnc2Cl)s1. The number of carbonyl (C=O) groups excluding carboxylic acids is 1. The standard InChI is InChI=1S/C20H19ClN2OS/c1-15-9-10-17(25-15)14-23(13-11-16-6-3-2-4-7-16)20(24)18-8-5-12-22-19(18)21/h2-10,12H,11,13-14H2,1H3. The highest BCUT2D eigenvalue weighted by atomic mass is 35.5. The van der Waals surface area contributed by atoms with Gasteiger partial charge in [-0.2, -0.15) is 0 Å². The Labute approximate surface area is 156 Å². The van der Waals surface area contributed by atoms with E-state index < -0.39 is 0 Å². The summed E-state index contributed by atoms with van der Waals surface area (Å²) in [5.41, 5.74) is 1.66. The first-order valence-corrected chi connectivity index (χ1v) is 9.32. The van der Waals surface area contributed by atoms with E-state index in [4.69, 9.17) is 11.6 Å². The molecular weight excluding hydrogens is 352 g/mol. The Balaban J connectivity index is 1.80. The lowest BCUT2D eigenvalue weighted by Crippen LogP contribution is -2.32. The fourth-order valence-electron chi connectivity index (χ4n) is 2.64. The van der Waals surface area contributed by atoms with Crippen molar-refractivity contribution in [1.29, 1.82) is 0 Å². The van der Waals surface area contributed by atoms with Gasteiger partial charge in [-0.3, -0.25) is 4.79 Å². The third-order valence-corrected chi connectivity index (χ3v) is 5.22. The smallest absolute Gasteiger partial charge is 0.257 e. The Hall–Kier alpha value is -2.17. The van der Waals surface area contributed by atoms with Crippen molar-refractivity contribution in [3.8, 4) is 0 Å². The molecule has 0 spiro atoms. The Kier molecular flexibility index (Phi) is 5.84. The second-order valence-corrected chi connectivity index (χ2v) is 7.55. The lowest BCUT2D eigenvalue weighted by molar-refractivity contribution is 0.0746. The van der Waals surface area contributed by atoms with E-state index in [0.29, 0.717) is 18.7 Å². The molecule has 0 bridgehead atoms. The fourth-order valence-corrected chi connectivity index (χ4v) is 3.74. The maximum atomic E-state index is 13.0. The molecule has 0 saturated carbocycles. The van der Waals surface area contributed by atoms with Gasteiger partial charge in [0.15, 0.2) is 0 Å². The van der Waals surface area contributed by atoms with E-state index in [0.717, 1.165) is 6.42 Å². The zero-order valence-corrected chi connectivity index (χ0v) is 15.6. The van der Waals surface area contributed by atoms with Crippen molar-refractivity contribution in [2.45, 2.75) is 19.9 Å². The molecule has 0 aliphatic carbocycles. The van der Waals surface area contributed by atoms with Gasteiger partial charge in [-0.05, 0) is 43.2 Å². The molecule has 0 fully saturated rings. The lowest BCUT2D eigenvalue weighted by Gasteiger charge is -2.22. The highest BCUT2D eigenvalue weighted by Gasteiger charge is 2.19. The molecule has 2 aromatic heterocycles. The molecule has 1 amide bonds. The third kappa shape index (κ3) is 4.68. The molecule has 5 heteroatoms. The lowest BCUT2D eigenvalue weighted by atomic mass is 10.1. The van der Waals surface area contributed by atoms with Crippen molar-refractivity contribution in [3.63, 3.8) is 0 Å². The van der Waals surface area contributed by atoms with Crippen molar-refractivity contribution < 1.29 is 4.79 Å². The van der Waals surface area contributed by atoms with E-state index in [9.17, 15) is 4.79 Å². The minimum Gasteiger partial charge on any atom is -0.333 e. The molecule has 0 aliphatic heterocycles. The number of benzene rings is 1. The topological polar surface area (TPSA) is 33.2 Å². The molecule has 1 aromatic carbocycles. The summed E-state index contributed by atoms with van der Waals surface area (Å²) in [6, 6.07) is 17.8. The average molecular weight is 371 g/mol. The summed E-state index contributed by atoms with van der Waals surface area (Å²) in [5, 5.41) is 0.250. The zero-order chi connectivity index (χ0) is 17.6. The van der Waals surface area contributed by atoms with Crippen LogP contribution in [0.3, 0.4) is 0 Å². The molecule has 0 radical (unpaired) electrons. The van der Waals surface area contributed by atoms with Gasteiger partial charge in [0.1, 0.15) is 5.15 Å². The summed E-state index contributed by atoms with van der Waals surface area (Å²) in [5.74, 6) is -0.0833. The summed E-state index contributed by atoms with van der Waals surface area (Å²) >= 11 is 7.84. The number of pyridine rings is 1. The van der Waals surface area contributed by atoms with E-state index in [1.165, 1.54) is 15.3 Å². The van der Waals surface area contributed by atoms with Crippen LogP contribution in [0, 0.1) is 6.92 Å². The van der Waals surface area contributed by atoms with Gasteiger partial charge >= 0.3 is 0 Å². The van der Waals surface area contributed by atoms with Crippen LogP contribution >= 0.6 is 22.9 Å². The largest absolute Gasteiger partial charge is 0.333 e. The summed E-state index contributed by atoms with van der Waals surface area (Å²) < 4.78 is 0. The van der Waals surface area contributed by atoms with Crippen molar-refractivity contribution in [2.24, 2.45) is 0 Å². The molecule has 25 heavy (non-hydrogen) atoms. The highest BCUT2D eigenvalue weighted by molar-refractivity contribution is 7.11. The number of aromatic nitrogens is 1. The van der Waals surface area contributed by atoms with E-state index in [-0.39, 0.29) is 11.1 Å². The van der Waals surface area contributed by atoms with Crippen molar-refractivity contribution in [1.82, 2.24) is 9.88 Å². The number of hydrogen-bond donors (Lipinski definition) is 0. The second-order valence-electron chi connectivity index (χ2n) is 5.82. The van der Waals surface area contributed by atoms with Crippen molar-refractivity contribution >= 4 is 28.8 Å². The molecule has 3 rings (SSSR count). The van der Waals surface area contributed by atoms with Crippen molar-refractivity contribution in [2.75, 3.05) is 6.54 Å². The number of hydrogen-bond acceptors (Lipinski definition) is 3. The molecule has 3 nitrogen and oxygen atoms in total. The van der Waals surface area contributed by atoms with E-state index in [1.807, 2.05) is 23.1 Å². The minimum atomic E-state index is -0.0833. The predicted molar refractivity (Wildman–Crippen MR) is 103 cm³/mol. The van der Waals surface area contributed by atoms with Crippen LogP contribution in [-0.4, -0.2) is 22.3 Å². The zero-order valence-electron chi connectivity index (χ0n) is 14.0. The maximum absolute atomic E-state index is 13.0. The first-order chi connectivity index (χ1) is 12.1. The van der Waals surface area contributed by atoms with Gasteiger partial charge < -0.3 is 4.90 Å². The van der Waals surface area contributed by atoms with Crippen LogP contribution in [0.1, 0.15) is 25.7 Å². The summed E-state index contributed by atoms with van der Waals surface area (Å²) in [7, 11) is 0. The first-order valence-electron chi connectivity index (χ1n) is 8.12. The predicted octanol–water partition coefficient (Wildman–Crippen LogP) is 4.99. The van der Waals surface area contributed by atoms with Crippen LogP contribution in [0.25, 0.3) is 0 Å². The van der Waals surface area contributed by atoms with Gasteiger partial charge in [-0.25, -0.2) is 4.98 Å². The number of nitrogens with zero attached hydrogens (tertiary/aromatic N) is 2. The molecule has 128 valence electrons. The van der Waals surface area contributed by atoms with Gasteiger partial charge in [0, 0.05) is 22.5 Å². The summed E-state index contributed by atoms with van der Waals surface area (Å²) in [6.45, 7) is 3.28. The quantitative estimate of drug-likeness (QED) is 0.572. The van der Waals surface area contributed by atoms with E-state index in [2.05, 4.69) is 36.2 Å². The van der Waals surface area contributed by atoms with Gasteiger partial charge in [0.05, 0.1) is 12.1 Å². The van der Waals surface area contributed by atoms with Gasteiger partial charge in [-0.15, -0.1) is 11.3 Å². The maximum Gasteiger partial charge on any atom is 0.257 e. The fraction of sp³-hybridized carbons (Fsp3) is 0.200. The number of amides is 1. The van der Waals surface area contributed by atoms with Crippen LogP contribution in [0.2, 0.25) is 5.15 Å². The van der Waals surface area contributed by atoms with Crippen LogP contribution < -0.4 is 0 Å². The molecule has 3 aromatic rings. The molecular formula is C20H19ClN2OS. The molecule has 0 saturated heterocycles. The minimum absolute atomic E-state index is 0.0833. The number of halogens is 1. The Morgan fingerprint density at radius 1 is 1.12 bits per heavy atom. The average Bonchev–Trinajstić information content (AvgIpc) is 3.04. The highest BCUT2D eigenvalue weighted by Crippen LogP contribution is 2.21. The van der Waals surface area contributed by atoms with Crippen LogP contribution in [0.4, 0.5) is 0 Å². The Bertz CT molecular complexity index is 848. The number of aryl methyl sites for hydroxylation is 1. The number of carbonyl (C=O) groups is 1. The summed E-state index contributed by atoms with van der Waals surface area (Å²) in [4.78, 5) is 21.3. The molecule has 0 aliphatic rings. The monoisotopic (exact) mass is 370 g/mol. The molecule has 2 heterocycles. The second kappa shape index (κ2) is 8.28. The van der Waals surface area contributed by atoms with Gasteiger partial charge in [-0.1, -0.05) is 41.9 Å². The Morgan fingerprint density at radius 3 is 2.60 bits per heavy atom. The third-order valence-electron chi connectivity index (χ3n) is 3.93. The first kappa shape index (κ1) is 17.6. The number of rotatable bonds is 6. The molecule has 0 atom stereocenters. The van der Waals surface area contributed by atoms with Crippen LogP contribution in [0.15, 0.2) is 60.8 Å². The van der Waals surface area contributed by atoms with Crippen LogP contribution in [-0.2, 0) is 13.0 Å². The van der Waals surface area contributed by atoms with E-state index in [1.54, 1.807) is 29.7 Å². The van der Waals surface area contributed by atoms with Gasteiger partial charge in [0.2, 0.25) is 0 Å². The van der Waals surface area contributed by atoms with E-state index >= 15 is 0 Å². The Morgan fingerprint density at radius 2 is 1.92 bits per heavy atom. The normalized spacial score (nSPS) is 10.6. The molecule has 0 unspecified atom stereocenters.